The molecule has 0 radical (unpaired) electrons. The van der Waals surface area contributed by atoms with Crippen LogP contribution >= 0.6 is 23.2 Å². The Balaban J connectivity index is 1.73. The van der Waals surface area contributed by atoms with Gasteiger partial charge in [0, 0.05) is 56.1 Å². The lowest BCUT2D eigenvalue weighted by molar-refractivity contribution is -0.0856. The first-order chi connectivity index (χ1) is 15.0. The summed E-state index contributed by atoms with van der Waals surface area (Å²) in [5, 5.41) is 3.49. The molecule has 1 aliphatic heterocycles. The number of hydrogen-bond acceptors (Lipinski definition) is 4. The van der Waals surface area contributed by atoms with E-state index >= 15 is 0 Å². The second-order valence-electron chi connectivity index (χ2n) is 8.59. The van der Waals surface area contributed by atoms with Crippen molar-refractivity contribution in [3.63, 3.8) is 0 Å². The van der Waals surface area contributed by atoms with Crippen LogP contribution in [0.1, 0.15) is 49.4 Å². The third-order valence-electron chi connectivity index (χ3n) is 6.43. The summed E-state index contributed by atoms with van der Waals surface area (Å²) in [5.74, 6) is -3.05. The number of rotatable bonds is 7. The number of hydrogen-bond donors (Lipinski definition) is 1. The maximum absolute atomic E-state index is 14.0. The molecule has 1 amide bonds. The lowest BCUT2D eigenvalue weighted by atomic mass is 9.78. The van der Waals surface area contributed by atoms with Crippen LogP contribution in [0.25, 0.3) is 0 Å². The summed E-state index contributed by atoms with van der Waals surface area (Å²) in [6, 6.07) is 4.58. The quantitative estimate of drug-likeness (QED) is 0.599. The molecule has 0 atom stereocenters. The van der Waals surface area contributed by atoms with Crippen molar-refractivity contribution < 1.29 is 22.0 Å². The summed E-state index contributed by atoms with van der Waals surface area (Å²) in [4.78, 5) is 14.8. The van der Waals surface area contributed by atoms with Gasteiger partial charge in [0.15, 0.2) is 0 Å². The van der Waals surface area contributed by atoms with Crippen LogP contribution in [0, 0.1) is 0 Å². The van der Waals surface area contributed by atoms with Gasteiger partial charge < -0.3 is 5.32 Å². The van der Waals surface area contributed by atoms with Crippen LogP contribution in [-0.4, -0.2) is 73.5 Å². The summed E-state index contributed by atoms with van der Waals surface area (Å²) >= 11 is 12.1. The highest BCUT2D eigenvalue weighted by Crippen LogP contribution is 2.42. The van der Waals surface area contributed by atoms with Gasteiger partial charge in [-0.2, -0.15) is 4.31 Å². The first-order valence-electron chi connectivity index (χ1n) is 10.8. The molecule has 1 saturated carbocycles. The van der Waals surface area contributed by atoms with E-state index in [4.69, 9.17) is 23.2 Å². The molecule has 11 heteroatoms. The Kier molecular flexibility index (Phi) is 8.08. The summed E-state index contributed by atoms with van der Waals surface area (Å²) in [6.45, 7) is 3.49. The number of nitrogens with zero attached hydrogens (tertiary/aromatic N) is 2. The van der Waals surface area contributed by atoms with Gasteiger partial charge in [-0.1, -0.05) is 30.1 Å². The van der Waals surface area contributed by atoms with Crippen molar-refractivity contribution in [3.05, 3.63) is 33.8 Å². The Bertz CT molecular complexity index is 928. The maximum atomic E-state index is 14.0. The lowest BCUT2D eigenvalue weighted by Crippen LogP contribution is -2.63. The molecule has 1 heterocycles. The summed E-state index contributed by atoms with van der Waals surface area (Å²) in [6.07, 6.45) is 0.431. The number of benzene rings is 1. The van der Waals surface area contributed by atoms with Gasteiger partial charge >= 0.3 is 0 Å². The second kappa shape index (κ2) is 10.1. The molecule has 0 unspecified atom stereocenters. The number of carbonyl (C=O) groups excluding carboxylic acids is 1. The molecule has 32 heavy (non-hydrogen) atoms. The van der Waals surface area contributed by atoms with Crippen LogP contribution in [0.3, 0.4) is 0 Å². The number of amides is 1. The van der Waals surface area contributed by atoms with Crippen LogP contribution in [-0.2, 0) is 10.0 Å². The SMILES string of the molecule is CCCS(=O)(=O)N1CCN(C2(CNC(=O)c3cc(Cl)ccc3Cl)CCC(F)(F)CC2)CC1. The Hall–Kier alpha value is -1.00. The van der Waals surface area contributed by atoms with Gasteiger partial charge in [-0.25, -0.2) is 17.2 Å². The van der Waals surface area contributed by atoms with Crippen LogP contribution in [0.4, 0.5) is 8.78 Å². The number of nitrogens with one attached hydrogen (secondary N) is 1. The molecule has 1 N–H and O–H groups in total. The van der Waals surface area contributed by atoms with E-state index in [0.29, 0.717) is 37.6 Å². The standard InChI is InChI=1S/C21H29Cl2F2N3O3S/c1-2-13-32(30,31)28-11-9-27(10-12-28)20(5-7-21(24,25)8-6-20)15-26-19(29)17-14-16(22)3-4-18(17)23/h3-4,14H,2,5-13,15H2,1H3,(H,26,29). The van der Waals surface area contributed by atoms with Gasteiger partial charge in [-0.3, -0.25) is 9.69 Å². The third-order valence-corrected chi connectivity index (χ3v) is 9.07. The molecule has 3 rings (SSSR count). The molecule has 1 aliphatic carbocycles. The first-order valence-corrected chi connectivity index (χ1v) is 13.2. The maximum Gasteiger partial charge on any atom is 0.252 e. The largest absolute Gasteiger partial charge is 0.350 e. The van der Waals surface area contributed by atoms with E-state index in [9.17, 15) is 22.0 Å². The second-order valence-corrected chi connectivity index (χ2v) is 11.5. The summed E-state index contributed by atoms with van der Waals surface area (Å²) in [7, 11) is -3.31. The normalized spacial score (nSPS) is 21.9. The Morgan fingerprint density at radius 2 is 1.72 bits per heavy atom. The lowest BCUT2D eigenvalue weighted by Gasteiger charge is -2.50. The van der Waals surface area contributed by atoms with E-state index in [1.165, 1.54) is 16.4 Å². The Labute approximate surface area is 198 Å². The van der Waals surface area contributed by atoms with E-state index in [-0.39, 0.29) is 48.6 Å². The molecule has 6 nitrogen and oxygen atoms in total. The fourth-order valence-corrected chi connectivity index (χ4v) is 6.39. The van der Waals surface area contributed by atoms with Gasteiger partial charge in [0.2, 0.25) is 15.9 Å². The van der Waals surface area contributed by atoms with Gasteiger partial charge in [0.05, 0.1) is 16.3 Å². The fraction of sp³-hybridized carbons (Fsp3) is 0.667. The molecule has 180 valence electrons. The van der Waals surface area contributed by atoms with E-state index in [1.54, 1.807) is 6.07 Å². The number of piperazine rings is 1. The minimum atomic E-state index is -3.31. The van der Waals surface area contributed by atoms with E-state index in [2.05, 4.69) is 10.2 Å². The fourth-order valence-electron chi connectivity index (χ4n) is 4.53. The van der Waals surface area contributed by atoms with Crippen molar-refractivity contribution in [2.45, 2.75) is 50.5 Å². The zero-order valence-electron chi connectivity index (χ0n) is 18.0. The minimum Gasteiger partial charge on any atom is -0.350 e. The average Bonchev–Trinajstić information content (AvgIpc) is 2.75. The van der Waals surface area contributed by atoms with Crippen LogP contribution in [0.15, 0.2) is 18.2 Å². The highest BCUT2D eigenvalue weighted by atomic mass is 35.5. The van der Waals surface area contributed by atoms with Crippen molar-refractivity contribution in [1.29, 1.82) is 0 Å². The number of alkyl halides is 2. The van der Waals surface area contributed by atoms with Crippen LogP contribution < -0.4 is 5.32 Å². The van der Waals surface area contributed by atoms with Gasteiger partial charge in [-0.05, 0) is 37.5 Å². The number of halogens is 4. The summed E-state index contributed by atoms with van der Waals surface area (Å²) < 4.78 is 54.2. The smallest absolute Gasteiger partial charge is 0.252 e. The molecule has 1 saturated heterocycles. The van der Waals surface area contributed by atoms with Crippen molar-refractivity contribution in [2.24, 2.45) is 0 Å². The van der Waals surface area contributed by atoms with Gasteiger partial charge in [0.1, 0.15) is 0 Å². The molecule has 1 aromatic carbocycles. The molecule has 2 fully saturated rings. The average molecular weight is 512 g/mol. The monoisotopic (exact) mass is 511 g/mol. The van der Waals surface area contributed by atoms with E-state index < -0.39 is 27.4 Å². The predicted molar refractivity (Wildman–Crippen MR) is 122 cm³/mol. The van der Waals surface area contributed by atoms with Crippen molar-refractivity contribution in [1.82, 2.24) is 14.5 Å². The first kappa shape index (κ1) is 25.6. The molecular formula is C21H29Cl2F2N3O3S. The highest BCUT2D eigenvalue weighted by molar-refractivity contribution is 7.89. The predicted octanol–water partition coefficient (Wildman–Crippen LogP) is 4.03. The Morgan fingerprint density at radius 3 is 2.31 bits per heavy atom. The molecule has 2 aliphatic rings. The minimum absolute atomic E-state index is 0.0980. The van der Waals surface area contributed by atoms with E-state index in [1.807, 2.05) is 6.92 Å². The third kappa shape index (κ3) is 5.91. The van der Waals surface area contributed by atoms with Crippen molar-refractivity contribution in [2.75, 3.05) is 38.5 Å². The molecular weight excluding hydrogens is 483 g/mol. The molecule has 0 spiro atoms. The molecule has 0 aromatic heterocycles. The zero-order chi connectivity index (χ0) is 23.6. The van der Waals surface area contributed by atoms with Crippen molar-refractivity contribution in [3.8, 4) is 0 Å². The van der Waals surface area contributed by atoms with Crippen LogP contribution in [0.2, 0.25) is 10.0 Å². The van der Waals surface area contributed by atoms with Crippen LogP contribution in [0.5, 0.6) is 0 Å². The number of carbonyl (C=O) groups is 1. The molecule has 1 aromatic rings. The highest BCUT2D eigenvalue weighted by Gasteiger charge is 2.47. The van der Waals surface area contributed by atoms with Crippen molar-refractivity contribution >= 4 is 39.1 Å². The van der Waals surface area contributed by atoms with Gasteiger partial charge in [-0.15, -0.1) is 0 Å². The Morgan fingerprint density at radius 1 is 1.09 bits per heavy atom. The number of sulfonamides is 1. The topological polar surface area (TPSA) is 69.7 Å². The van der Waals surface area contributed by atoms with Gasteiger partial charge in [0.25, 0.3) is 5.91 Å². The van der Waals surface area contributed by atoms with E-state index in [0.717, 1.165) is 0 Å². The summed E-state index contributed by atoms with van der Waals surface area (Å²) in [5.41, 5.74) is -0.436. The zero-order valence-corrected chi connectivity index (χ0v) is 20.4. The molecule has 0 bridgehead atoms.